The van der Waals surface area contributed by atoms with E-state index >= 15 is 0 Å². The molecule has 0 unspecified atom stereocenters. The minimum absolute atomic E-state index is 0.133. The van der Waals surface area contributed by atoms with E-state index in [0.29, 0.717) is 17.7 Å². The van der Waals surface area contributed by atoms with Gasteiger partial charge in [-0.15, -0.1) is 0 Å². The van der Waals surface area contributed by atoms with Gasteiger partial charge in [-0.1, -0.05) is 37.1 Å². The lowest BCUT2D eigenvalue weighted by atomic mass is 9.65. The molecule has 0 aromatic heterocycles. The van der Waals surface area contributed by atoms with Gasteiger partial charge in [-0.2, -0.15) is 0 Å². The summed E-state index contributed by atoms with van der Waals surface area (Å²) < 4.78 is 5.39. The number of amides is 2. The molecule has 3 rings (SSSR count). The van der Waals surface area contributed by atoms with E-state index in [-0.39, 0.29) is 17.1 Å². The zero-order chi connectivity index (χ0) is 19.6. The van der Waals surface area contributed by atoms with Crippen LogP contribution in [-0.2, 0) is 19.1 Å². The summed E-state index contributed by atoms with van der Waals surface area (Å²) in [4.78, 5) is 38.4. The van der Waals surface area contributed by atoms with Crippen LogP contribution in [0.1, 0.15) is 52.9 Å². The first kappa shape index (κ1) is 19.1. The third-order valence-corrected chi connectivity index (χ3v) is 5.41. The van der Waals surface area contributed by atoms with E-state index in [1.807, 2.05) is 12.1 Å². The fourth-order valence-corrected chi connectivity index (χ4v) is 4.04. The predicted octanol–water partition coefficient (Wildman–Crippen LogP) is 4.29. The van der Waals surface area contributed by atoms with Crippen LogP contribution in [-0.4, -0.2) is 17.8 Å². The lowest BCUT2D eigenvalue weighted by Gasteiger charge is -2.40. The van der Waals surface area contributed by atoms with Crippen LogP contribution in [0, 0.1) is 5.41 Å². The van der Waals surface area contributed by atoms with Crippen LogP contribution < -0.4 is 4.90 Å². The summed E-state index contributed by atoms with van der Waals surface area (Å²) in [5.74, 6) is -0.985. The Labute approximate surface area is 159 Å². The Balaban J connectivity index is 2.07. The summed E-state index contributed by atoms with van der Waals surface area (Å²) >= 11 is 0. The average molecular weight is 367 g/mol. The van der Waals surface area contributed by atoms with Crippen LogP contribution >= 0.6 is 0 Å². The molecule has 0 bridgehead atoms. The average Bonchev–Trinajstić information content (AvgIpc) is 2.61. The Morgan fingerprint density at radius 1 is 1.07 bits per heavy atom. The van der Waals surface area contributed by atoms with Crippen LogP contribution in [0.3, 0.4) is 0 Å². The molecule has 1 fully saturated rings. The highest BCUT2D eigenvalue weighted by molar-refractivity contribution is 6.20. The molecule has 0 aliphatic heterocycles. The Hall–Kier alpha value is -2.69. The van der Waals surface area contributed by atoms with Gasteiger partial charge < -0.3 is 4.74 Å². The quantitative estimate of drug-likeness (QED) is 0.748. The van der Waals surface area contributed by atoms with E-state index in [0.717, 1.165) is 30.6 Å². The minimum Gasteiger partial charge on any atom is -0.426 e. The van der Waals surface area contributed by atoms with Gasteiger partial charge in [0.25, 0.3) is 5.91 Å². The first-order chi connectivity index (χ1) is 12.8. The van der Waals surface area contributed by atoms with E-state index in [1.54, 1.807) is 24.3 Å². The van der Waals surface area contributed by atoms with Gasteiger partial charge in [0.15, 0.2) is 0 Å². The largest absolute Gasteiger partial charge is 0.426 e. The molecular weight excluding hydrogens is 342 g/mol. The molecule has 0 spiro atoms. The van der Waals surface area contributed by atoms with Crippen LogP contribution in [0.25, 0.3) is 0 Å². The van der Waals surface area contributed by atoms with Gasteiger partial charge in [-0.25, -0.2) is 4.90 Å². The Kier molecular flexibility index (Phi) is 5.31. The minimum atomic E-state index is -0.472. The predicted molar refractivity (Wildman–Crippen MR) is 103 cm³/mol. The summed E-state index contributed by atoms with van der Waals surface area (Å²) in [6, 6.07) is 8.83. The molecule has 0 heterocycles. The fourth-order valence-electron chi connectivity index (χ4n) is 4.04. The molecule has 1 aromatic carbocycles. The number of nitrogens with zero attached hydrogens (tertiary/aromatic N) is 1. The molecule has 1 aromatic rings. The van der Waals surface area contributed by atoms with Crippen molar-refractivity contribution in [1.29, 1.82) is 0 Å². The summed E-state index contributed by atoms with van der Waals surface area (Å²) in [7, 11) is 0. The molecule has 27 heavy (non-hydrogen) atoms. The van der Waals surface area contributed by atoms with Crippen molar-refractivity contribution >= 4 is 23.5 Å². The number of hydrogen-bond donors (Lipinski definition) is 0. The molecule has 0 saturated heterocycles. The maximum atomic E-state index is 13.4. The number of carbonyl (C=O) groups excluding carboxylic acids is 3. The van der Waals surface area contributed by atoms with Gasteiger partial charge in [0.1, 0.15) is 5.76 Å². The third kappa shape index (κ3) is 3.87. The van der Waals surface area contributed by atoms with Crippen molar-refractivity contribution in [3.8, 4) is 0 Å². The summed E-state index contributed by atoms with van der Waals surface area (Å²) in [5, 5.41) is 0. The molecule has 5 heteroatoms. The van der Waals surface area contributed by atoms with Crippen molar-refractivity contribution in [3.63, 3.8) is 0 Å². The summed E-state index contributed by atoms with van der Waals surface area (Å²) in [5.41, 5.74) is 1.98. The van der Waals surface area contributed by atoms with Crippen LogP contribution in [0.4, 0.5) is 5.69 Å². The fraction of sp³-hybridized carbons (Fsp3) is 0.409. The molecule has 5 nitrogen and oxygen atoms in total. The molecule has 1 saturated carbocycles. The second-order valence-corrected chi connectivity index (χ2v) is 7.55. The third-order valence-electron chi connectivity index (χ3n) is 5.41. The molecule has 1 atom stereocenters. The first-order valence-corrected chi connectivity index (χ1v) is 9.34. The van der Waals surface area contributed by atoms with Gasteiger partial charge in [-0.05, 0) is 49.3 Å². The topological polar surface area (TPSA) is 63.7 Å². The highest BCUT2D eigenvalue weighted by atomic mass is 16.5. The Morgan fingerprint density at radius 3 is 2.41 bits per heavy atom. The molecule has 142 valence electrons. The number of benzene rings is 1. The van der Waals surface area contributed by atoms with E-state index in [9.17, 15) is 14.4 Å². The van der Waals surface area contributed by atoms with Crippen molar-refractivity contribution in [1.82, 2.24) is 0 Å². The molecule has 2 amide bonds. The number of imide groups is 1. The number of esters is 1. The summed E-state index contributed by atoms with van der Waals surface area (Å²) in [6.07, 6.45) is 6.44. The number of fused-ring (bicyclic) bond motifs is 1. The molecule has 2 aliphatic rings. The van der Waals surface area contributed by atoms with Crippen LogP contribution in [0.5, 0.6) is 0 Å². The maximum absolute atomic E-state index is 13.4. The standard InChI is InChI=1S/C22H25NO4/c1-15(24)23(18-10-5-4-6-11-18)21(26)19-14-22(3)12-8-7-9-17(22)13-20(19)27-16(2)25/h4-6,10-11,13H,7-9,12,14H2,1-3H3/t22-/m0/s1. The summed E-state index contributed by atoms with van der Waals surface area (Å²) in [6.45, 7) is 4.84. The van der Waals surface area contributed by atoms with Gasteiger partial charge >= 0.3 is 5.97 Å². The SMILES string of the molecule is CC(=O)OC1=C(C(=O)N(C(C)=O)c2ccccc2)C[C@]2(C)CCCCC2=C1. The normalized spacial score (nSPS) is 21.8. The van der Waals surface area contributed by atoms with E-state index in [2.05, 4.69) is 6.92 Å². The second-order valence-electron chi connectivity index (χ2n) is 7.55. The molecule has 2 aliphatic carbocycles. The monoisotopic (exact) mass is 367 g/mol. The Morgan fingerprint density at radius 2 is 1.78 bits per heavy atom. The van der Waals surface area contributed by atoms with Crippen molar-refractivity contribution in [3.05, 3.63) is 53.3 Å². The smallest absolute Gasteiger partial charge is 0.308 e. The van der Waals surface area contributed by atoms with Gasteiger partial charge in [0.2, 0.25) is 5.91 Å². The molecule has 0 N–H and O–H groups in total. The van der Waals surface area contributed by atoms with E-state index in [1.165, 1.54) is 19.4 Å². The number of para-hydroxylation sites is 1. The van der Waals surface area contributed by atoms with Gasteiger partial charge in [-0.3, -0.25) is 14.4 Å². The lowest BCUT2D eigenvalue weighted by molar-refractivity contribution is -0.136. The highest BCUT2D eigenvalue weighted by Crippen LogP contribution is 2.49. The number of allylic oxidation sites excluding steroid dienone is 2. The van der Waals surface area contributed by atoms with Crippen molar-refractivity contribution in [2.45, 2.75) is 52.9 Å². The van der Waals surface area contributed by atoms with Crippen molar-refractivity contribution in [2.75, 3.05) is 4.90 Å². The number of hydrogen-bond acceptors (Lipinski definition) is 4. The molecule has 0 radical (unpaired) electrons. The first-order valence-electron chi connectivity index (χ1n) is 9.34. The second kappa shape index (κ2) is 7.51. The number of ether oxygens (including phenoxy) is 1. The van der Waals surface area contributed by atoms with Gasteiger partial charge in [0, 0.05) is 13.8 Å². The zero-order valence-electron chi connectivity index (χ0n) is 16.1. The highest BCUT2D eigenvalue weighted by Gasteiger charge is 2.40. The maximum Gasteiger partial charge on any atom is 0.308 e. The van der Waals surface area contributed by atoms with Crippen LogP contribution in [0.2, 0.25) is 0 Å². The lowest BCUT2D eigenvalue weighted by Crippen LogP contribution is -2.39. The van der Waals surface area contributed by atoms with E-state index < -0.39 is 11.9 Å². The molecular formula is C22H25NO4. The number of anilines is 1. The van der Waals surface area contributed by atoms with Crippen molar-refractivity contribution < 1.29 is 19.1 Å². The van der Waals surface area contributed by atoms with E-state index in [4.69, 9.17) is 4.74 Å². The number of rotatable bonds is 3. The number of carbonyl (C=O) groups is 3. The zero-order valence-corrected chi connectivity index (χ0v) is 16.1. The van der Waals surface area contributed by atoms with Crippen molar-refractivity contribution in [2.24, 2.45) is 5.41 Å². The van der Waals surface area contributed by atoms with Gasteiger partial charge in [0.05, 0.1) is 11.3 Å². The Bertz CT molecular complexity index is 837. The van der Waals surface area contributed by atoms with Crippen LogP contribution in [0.15, 0.2) is 53.3 Å².